The van der Waals surface area contributed by atoms with E-state index in [-0.39, 0.29) is 0 Å². The third-order valence-corrected chi connectivity index (χ3v) is 2.26. The highest BCUT2D eigenvalue weighted by molar-refractivity contribution is 5.50. The zero-order valence-electron chi connectivity index (χ0n) is 9.35. The summed E-state index contributed by atoms with van der Waals surface area (Å²) in [6.45, 7) is 5.71. The molecule has 1 nitrogen and oxygen atoms in total. The van der Waals surface area contributed by atoms with Gasteiger partial charge in [0.05, 0.1) is 0 Å². The van der Waals surface area contributed by atoms with Crippen LogP contribution >= 0.6 is 0 Å². The van der Waals surface area contributed by atoms with E-state index in [1.54, 1.807) is 6.08 Å². The van der Waals surface area contributed by atoms with Gasteiger partial charge in [-0.05, 0) is 25.1 Å². The van der Waals surface area contributed by atoms with Crippen molar-refractivity contribution >= 4 is 5.69 Å². The summed E-state index contributed by atoms with van der Waals surface area (Å²) in [7, 11) is 2.06. The molecule has 0 saturated carbocycles. The maximum absolute atomic E-state index is 3.63. The molecule has 78 valence electrons. The average Bonchev–Trinajstić information content (AvgIpc) is 2.29. The predicted molar refractivity (Wildman–Crippen MR) is 67.9 cm³/mol. The first-order chi connectivity index (χ1) is 7.25. The normalized spacial score (nSPS) is 11.7. The molecule has 0 unspecified atom stereocenters. The zero-order chi connectivity index (χ0) is 11.1. The summed E-state index contributed by atoms with van der Waals surface area (Å²) in [5.41, 5.74) is 2.39. The molecule has 0 aliphatic rings. The molecule has 0 radical (unpaired) electrons. The van der Waals surface area contributed by atoms with Gasteiger partial charge in [-0.15, -0.1) is 0 Å². The Hall–Kier alpha value is -1.76. The van der Waals surface area contributed by atoms with Crippen LogP contribution in [0, 0.1) is 0 Å². The van der Waals surface area contributed by atoms with E-state index in [2.05, 4.69) is 43.7 Å². The molecule has 0 atom stereocenters. The highest BCUT2D eigenvalue weighted by atomic mass is 15.1. The largest absolute Gasteiger partial charge is 0.348 e. The minimum Gasteiger partial charge on any atom is -0.348 e. The average molecular weight is 199 g/mol. The van der Waals surface area contributed by atoms with Gasteiger partial charge < -0.3 is 4.90 Å². The van der Waals surface area contributed by atoms with Crippen molar-refractivity contribution in [3.63, 3.8) is 0 Å². The molecule has 0 aliphatic carbocycles. The Bertz CT molecular complexity index is 360. The standard InChI is InChI=1S/C14H17N/c1-4-5-7-10-13(2)15(3)14-11-8-6-9-12-14/h4-12H,1H2,2-3H3/b7-5-,13-10+. The van der Waals surface area contributed by atoms with E-state index in [0.29, 0.717) is 0 Å². The second-order valence-electron chi connectivity index (χ2n) is 3.32. The third-order valence-electron chi connectivity index (χ3n) is 2.26. The quantitative estimate of drug-likeness (QED) is 0.667. The second kappa shape index (κ2) is 5.86. The van der Waals surface area contributed by atoms with E-state index < -0.39 is 0 Å². The number of nitrogens with zero attached hydrogens (tertiary/aromatic N) is 1. The van der Waals surface area contributed by atoms with E-state index >= 15 is 0 Å². The van der Waals surface area contributed by atoms with E-state index in [1.165, 1.54) is 11.4 Å². The van der Waals surface area contributed by atoms with Gasteiger partial charge in [0.1, 0.15) is 0 Å². The van der Waals surface area contributed by atoms with Gasteiger partial charge in [0.2, 0.25) is 0 Å². The van der Waals surface area contributed by atoms with Gasteiger partial charge >= 0.3 is 0 Å². The molecule has 1 heteroatoms. The fourth-order valence-corrected chi connectivity index (χ4v) is 1.24. The molecular weight excluding hydrogens is 182 g/mol. The number of para-hydroxylation sites is 1. The Morgan fingerprint density at radius 3 is 2.47 bits per heavy atom. The maximum Gasteiger partial charge on any atom is 0.0405 e. The fourth-order valence-electron chi connectivity index (χ4n) is 1.24. The van der Waals surface area contributed by atoms with E-state index in [4.69, 9.17) is 0 Å². The van der Waals surface area contributed by atoms with Gasteiger partial charge in [-0.2, -0.15) is 0 Å². The van der Waals surface area contributed by atoms with Crippen LogP contribution in [0.15, 0.2) is 66.9 Å². The van der Waals surface area contributed by atoms with Crippen LogP contribution in [0.3, 0.4) is 0 Å². The van der Waals surface area contributed by atoms with Crippen LogP contribution in [-0.4, -0.2) is 7.05 Å². The van der Waals surface area contributed by atoms with E-state index in [1.807, 2.05) is 30.4 Å². The van der Waals surface area contributed by atoms with Gasteiger partial charge in [0.25, 0.3) is 0 Å². The van der Waals surface area contributed by atoms with Crippen LogP contribution in [0.2, 0.25) is 0 Å². The van der Waals surface area contributed by atoms with Crippen molar-refractivity contribution in [1.82, 2.24) is 0 Å². The molecule has 0 N–H and O–H groups in total. The molecule has 0 amide bonds. The lowest BCUT2D eigenvalue weighted by atomic mass is 10.2. The van der Waals surface area contributed by atoms with Crippen molar-refractivity contribution in [1.29, 1.82) is 0 Å². The summed E-state index contributed by atoms with van der Waals surface area (Å²) in [5.74, 6) is 0. The Kier molecular flexibility index (Phi) is 4.42. The number of benzene rings is 1. The molecule has 0 bridgehead atoms. The SMILES string of the molecule is C=C/C=C\C=C(/C)N(C)c1ccccc1. The van der Waals surface area contributed by atoms with Crippen molar-refractivity contribution in [2.45, 2.75) is 6.92 Å². The highest BCUT2D eigenvalue weighted by Crippen LogP contribution is 2.15. The third kappa shape index (κ3) is 3.47. The van der Waals surface area contributed by atoms with Crippen LogP contribution in [0.25, 0.3) is 0 Å². The lowest BCUT2D eigenvalue weighted by molar-refractivity contribution is 1.09. The number of anilines is 1. The van der Waals surface area contributed by atoms with Gasteiger partial charge in [-0.1, -0.05) is 43.0 Å². The van der Waals surface area contributed by atoms with Crippen molar-refractivity contribution in [2.75, 3.05) is 11.9 Å². The van der Waals surface area contributed by atoms with Crippen LogP contribution in [0.4, 0.5) is 5.69 Å². The number of hydrogen-bond acceptors (Lipinski definition) is 1. The molecule has 0 spiro atoms. The van der Waals surface area contributed by atoms with Gasteiger partial charge in [0.15, 0.2) is 0 Å². The van der Waals surface area contributed by atoms with Crippen molar-refractivity contribution in [3.8, 4) is 0 Å². The van der Waals surface area contributed by atoms with Crippen LogP contribution < -0.4 is 4.90 Å². The van der Waals surface area contributed by atoms with Crippen LogP contribution in [0.1, 0.15) is 6.92 Å². The summed E-state index contributed by atoms with van der Waals surface area (Å²) < 4.78 is 0. The molecule has 15 heavy (non-hydrogen) atoms. The lowest BCUT2D eigenvalue weighted by Gasteiger charge is -2.19. The Labute approximate surface area is 92.0 Å². The Morgan fingerprint density at radius 2 is 1.87 bits per heavy atom. The van der Waals surface area contributed by atoms with Crippen molar-refractivity contribution < 1.29 is 0 Å². The molecule has 0 heterocycles. The zero-order valence-corrected chi connectivity index (χ0v) is 9.35. The summed E-state index contributed by atoms with van der Waals surface area (Å²) >= 11 is 0. The van der Waals surface area contributed by atoms with Crippen molar-refractivity contribution in [3.05, 3.63) is 66.9 Å². The summed E-state index contributed by atoms with van der Waals surface area (Å²) in [6, 6.07) is 10.3. The first kappa shape index (κ1) is 11.3. The molecule has 1 aromatic carbocycles. The molecule has 1 aromatic rings. The molecule has 0 saturated heterocycles. The van der Waals surface area contributed by atoms with Crippen LogP contribution in [0.5, 0.6) is 0 Å². The van der Waals surface area contributed by atoms with Gasteiger partial charge in [-0.3, -0.25) is 0 Å². The van der Waals surface area contributed by atoms with E-state index in [0.717, 1.165) is 0 Å². The number of hydrogen-bond donors (Lipinski definition) is 0. The molecular formula is C14H17N. The maximum atomic E-state index is 3.63. The first-order valence-electron chi connectivity index (χ1n) is 5.00. The molecule has 1 rings (SSSR count). The number of allylic oxidation sites excluding steroid dienone is 5. The summed E-state index contributed by atoms with van der Waals surface area (Å²) in [6.07, 6.45) is 7.74. The smallest absolute Gasteiger partial charge is 0.0405 e. The predicted octanol–water partition coefficient (Wildman–Crippen LogP) is 3.77. The minimum atomic E-state index is 1.19. The van der Waals surface area contributed by atoms with Crippen molar-refractivity contribution in [2.24, 2.45) is 0 Å². The Balaban J connectivity index is 2.76. The first-order valence-corrected chi connectivity index (χ1v) is 5.00. The van der Waals surface area contributed by atoms with Crippen LogP contribution in [-0.2, 0) is 0 Å². The fraction of sp³-hybridized carbons (Fsp3) is 0.143. The van der Waals surface area contributed by atoms with Gasteiger partial charge in [-0.25, -0.2) is 0 Å². The van der Waals surface area contributed by atoms with E-state index in [9.17, 15) is 0 Å². The summed E-state index contributed by atoms with van der Waals surface area (Å²) in [5, 5.41) is 0. The summed E-state index contributed by atoms with van der Waals surface area (Å²) in [4.78, 5) is 2.15. The lowest BCUT2D eigenvalue weighted by Crippen LogP contribution is -2.13. The topological polar surface area (TPSA) is 3.24 Å². The molecule has 0 aromatic heterocycles. The monoisotopic (exact) mass is 199 g/mol. The molecule has 0 fully saturated rings. The molecule has 0 aliphatic heterocycles. The Morgan fingerprint density at radius 1 is 1.20 bits per heavy atom. The minimum absolute atomic E-state index is 1.19. The second-order valence-corrected chi connectivity index (χ2v) is 3.32. The number of rotatable bonds is 4. The van der Waals surface area contributed by atoms with Gasteiger partial charge in [0, 0.05) is 18.4 Å². The highest BCUT2D eigenvalue weighted by Gasteiger charge is 1.99.